The molecule has 0 aromatic heterocycles. The fraction of sp³-hybridized carbons (Fsp3) is 0.897. The fourth-order valence-electron chi connectivity index (χ4n) is 14.3. The molecule has 666 valence electrons. The summed E-state index contributed by atoms with van der Waals surface area (Å²) in [4.78, 5) is 102. The largest absolute Gasteiger partial charge is 0.480 e. The molecule has 6 aliphatic heterocycles. The molecule has 47 heteroatoms. The molecule has 0 bridgehead atoms. The molecule has 47 nitrogen and oxygen atoms in total. The fourth-order valence-corrected chi connectivity index (χ4v) is 14.3. The zero-order chi connectivity index (χ0) is 85.7. The maximum absolute atomic E-state index is 14.9. The Bertz CT molecular complexity index is 2910. The van der Waals surface area contributed by atoms with Gasteiger partial charge in [-0.3, -0.25) is 48.4 Å². The molecule has 115 heavy (non-hydrogen) atoms. The highest BCUT2D eigenvalue weighted by Crippen LogP contribution is 2.32. The number of nitrogens with zero attached hydrogens (tertiary/aromatic N) is 4. The molecule has 2 amide bonds. The summed E-state index contributed by atoms with van der Waals surface area (Å²) in [5.41, 5.74) is -4.29. The molecule has 0 aliphatic carbocycles. The highest BCUT2D eigenvalue weighted by Gasteiger charge is 2.53. The minimum atomic E-state index is -2.45. The van der Waals surface area contributed by atoms with Gasteiger partial charge in [0.25, 0.3) is 0 Å². The molecular formula is C68H118N6O41. The normalized spacial score (nSPS) is 36.1. The summed E-state index contributed by atoms with van der Waals surface area (Å²) in [5.74, 6) is -9.99. The molecule has 0 aromatic rings. The van der Waals surface area contributed by atoms with E-state index in [1.165, 1.54) is 33.4 Å². The first-order valence-corrected chi connectivity index (χ1v) is 37.9. The zero-order valence-corrected chi connectivity index (χ0v) is 63.8. The van der Waals surface area contributed by atoms with Gasteiger partial charge >= 0.3 is 23.9 Å². The van der Waals surface area contributed by atoms with Crippen molar-refractivity contribution in [2.45, 2.75) is 261 Å². The number of hydrogen-bond acceptors (Lipinski definition) is 41. The number of Topliss-reactive ketones (excluding diaryl/α,β-unsaturated/α-hetero) is 1. The van der Waals surface area contributed by atoms with Gasteiger partial charge in [-0.1, -0.05) is 20.3 Å². The number of carbonyl (C=O) groups excluding carboxylic acids is 3. The molecule has 30 atom stereocenters. The summed E-state index contributed by atoms with van der Waals surface area (Å²) in [6, 6.07) is -6.42. The smallest absolute Gasteiger partial charge is 0.320 e. The van der Waals surface area contributed by atoms with Crippen LogP contribution in [-0.4, -0.2) is 485 Å². The molecule has 0 saturated carbocycles. The number of aliphatic carboxylic acids is 4. The van der Waals surface area contributed by atoms with Crippen LogP contribution in [0, 0.1) is 5.92 Å². The minimum Gasteiger partial charge on any atom is -0.480 e. The molecule has 6 heterocycles. The number of carboxylic acids is 4. The first kappa shape index (κ1) is 99.0. The van der Waals surface area contributed by atoms with E-state index in [-0.39, 0.29) is 51.7 Å². The molecule has 6 rings (SSSR count). The maximum atomic E-state index is 14.9. The first-order valence-electron chi connectivity index (χ1n) is 37.9. The maximum Gasteiger partial charge on any atom is 0.320 e. The van der Waals surface area contributed by atoms with Crippen LogP contribution in [0.15, 0.2) is 0 Å². The Kier molecular flexibility index (Phi) is 39.8. The van der Waals surface area contributed by atoms with Crippen LogP contribution in [0.4, 0.5) is 0 Å². The van der Waals surface area contributed by atoms with E-state index in [9.17, 15) is 156 Å². The summed E-state index contributed by atoms with van der Waals surface area (Å²) in [5, 5.41) is 260. The van der Waals surface area contributed by atoms with E-state index in [0.29, 0.717) is 0 Å². The average Bonchev–Trinajstić information content (AvgIpc) is 0.808. The van der Waals surface area contributed by atoms with Crippen LogP contribution in [-0.2, 0) is 80.9 Å². The summed E-state index contributed by atoms with van der Waals surface area (Å²) in [6.07, 6.45) is -49.5. The second-order valence-corrected chi connectivity index (χ2v) is 29.7. The van der Waals surface area contributed by atoms with Gasteiger partial charge in [-0.2, -0.15) is 0 Å². The van der Waals surface area contributed by atoms with Crippen molar-refractivity contribution in [1.29, 1.82) is 0 Å². The third-order valence-corrected chi connectivity index (χ3v) is 21.6. The number of ether oxygens (including phenoxy) is 10. The third-order valence-electron chi connectivity index (χ3n) is 21.6. The Morgan fingerprint density at radius 3 is 0.852 bits per heavy atom. The van der Waals surface area contributed by atoms with Crippen molar-refractivity contribution in [2.75, 3.05) is 118 Å². The van der Waals surface area contributed by atoms with E-state index >= 15 is 0 Å². The van der Waals surface area contributed by atoms with E-state index in [2.05, 4.69) is 10.6 Å². The van der Waals surface area contributed by atoms with Gasteiger partial charge in [-0.05, 0) is 39.0 Å². The SMILES string of the molecule is CCC[C@@H](C(=O)O)N1CCN([C@@H](CCC(=O)NC(COC2OC(CO)C(O)C(O)C2O)(COC2OC(CO)C(O)C(O)C2O)COC2OC(CO)C(O)C(O)C2O)C(=O)O)CCN([C@@H](CCC(C)=O)C(=O)O)CCN([C@@H](CCC(=O)NC(CC)(COC2OC(CO)C(O)C(O)C2O)COC2OC(O)C(CO)C(O)C2O)C(=O)O)CC1. The zero-order valence-electron chi connectivity index (χ0n) is 63.8. The topological polar surface area (TPSA) is 734 Å². The molecular weight excluding hydrogens is 1560 g/mol. The van der Waals surface area contributed by atoms with Crippen molar-refractivity contribution >= 4 is 41.5 Å². The van der Waals surface area contributed by atoms with E-state index < -0.39 is 355 Å². The number of nitrogens with one attached hydrogen (secondary N) is 2. The number of carbonyl (C=O) groups is 7. The van der Waals surface area contributed by atoms with E-state index in [1.54, 1.807) is 6.92 Å². The predicted molar refractivity (Wildman–Crippen MR) is 376 cm³/mol. The van der Waals surface area contributed by atoms with Crippen LogP contribution in [0.2, 0.25) is 0 Å². The lowest BCUT2D eigenvalue weighted by molar-refractivity contribution is -0.337. The van der Waals surface area contributed by atoms with Crippen molar-refractivity contribution in [3.05, 3.63) is 0 Å². The summed E-state index contributed by atoms with van der Waals surface area (Å²) >= 11 is 0. The summed E-state index contributed by atoms with van der Waals surface area (Å²) in [6.45, 7) is -8.20. The number of ketones is 1. The van der Waals surface area contributed by atoms with Crippen molar-refractivity contribution in [3.8, 4) is 0 Å². The van der Waals surface area contributed by atoms with Crippen molar-refractivity contribution in [1.82, 2.24) is 30.2 Å². The lowest BCUT2D eigenvalue weighted by Crippen LogP contribution is -2.65. The van der Waals surface area contributed by atoms with Gasteiger partial charge in [0.1, 0.15) is 139 Å². The van der Waals surface area contributed by atoms with Crippen molar-refractivity contribution < 1.29 is 203 Å². The second kappa shape index (κ2) is 46.2. The highest BCUT2D eigenvalue weighted by atomic mass is 16.8. The quantitative estimate of drug-likeness (QED) is 0.0270. The Balaban J connectivity index is 1.34. The average molecular weight is 1680 g/mol. The predicted octanol–water partition coefficient (Wildman–Crippen LogP) is -13.8. The number of hydrogen-bond donors (Lipinski definition) is 26. The lowest BCUT2D eigenvalue weighted by atomic mass is 9.94. The van der Waals surface area contributed by atoms with Gasteiger partial charge < -0.3 is 185 Å². The molecule has 26 unspecified atom stereocenters. The second-order valence-electron chi connectivity index (χ2n) is 29.7. The van der Waals surface area contributed by atoms with Crippen molar-refractivity contribution in [2.24, 2.45) is 5.92 Å². The van der Waals surface area contributed by atoms with Crippen LogP contribution in [0.5, 0.6) is 0 Å². The van der Waals surface area contributed by atoms with E-state index in [1.807, 2.05) is 0 Å². The molecule has 6 aliphatic rings. The van der Waals surface area contributed by atoms with Gasteiger partial charge in [0.05, 0.1) is 83.6 Å². The van der Waals surface area contributed by atoms with Crippen molar-refractivity contribution in [3.63, 3.8) is 0 Å². The Morgan fingerprint density at radius 2 is 0.600 bits per heavy atom. The van der Waals surface area contributed by atoms with Crippen LogP contribution in [0.1, 0.15) is 78.6 Å². The molecule has 0 spiro atoms. The van der Waals surface area contributed by atoms with Crippen LogP contribution >= 0.6 is 0 Å². The summed E-state index contributed by atoms with van der Waals surface area (Å²) < 4.78 is 56.8. The number of rotatable bonds is 42. The summed E-state index contributed by atoms with van der Waals surface area (Å²) in [7, 11) is 0. The Labute approximate surface area is 659 Å². The Morgan fingerprint density at radius 1 is 0.348 bits per heavy atom. The van der Waals surface area contributed by atoms with Gasteiger partial charge in [-0.15, -0.1) is 0 Å². The van der Waals surface area contributed by atoms with Gasteiger partial charge in [0.2, 0.25) is 11.8 Å². The van der Waals surface area contributed by atoms with Gasteiger partial charge in [0.15, 0.2) is 37.7 Å². The molecule has 0 radical (unpaired) electrons. The van der Waals surface area contributed by atoms with Gasteiger partial charge in [0, 0.05) is 71.6 Å². The third kappa shape index (κ3) is 26.3. The van der Waals surface area contributed by atoms with Crippen LogP contribution in [0.3, 0.4) is 0 Å². The van der Waals surface area contributed by atoms with Gasteiger partial charge in [-0.25, -0.2) is 0 Å². The first-order chi connectivity index (χ1) is 54.3. The monoisotopic (exact) mass is 1670 g/mol. The standard InChI is InChI=1S/C68H118N6O41/c1-4-6-33(57(97)98)71-13-15-73(35(59(101)102)9-11-41(81)69-67(5-2,26-106-62-53(93)48(88)44(84)37(22-76)111-62)27-107-66-52(92)43(83)32(21-75)61(105)115-66)19-17-72(34(58(99)100)8-7-31(3)80)18-20-74(16-14-71)36(60(103)104)10-12-42(82)70-68(28-108-63-54(94)49(89)45(85)38(23-77)112-63,29-109-64-55(95)50(90)46(86)39(24-78)113-64)30-110-65-56(96)51(91)47(87)40(25-79)114-65/h32-40,43-56,61-66,75-79,83-96,105H,4-30H2,1-3H3,(H,69,81)(H,70,82)(H,97,98)(H,99,100)(H,101,102)(H,103,104)/t32?,33-,34-,35-,36-,37?,38?,39?,40?,43?,44?,45?,46?,47?,48?,49?,50?,51?,52?,53?,54?,55?,56?,61?,62?,63?,64?,65?,66?,67?,68?/m0/s1. The molecule has 6 fully saturated rings. The Hall–Kier alpha value is -4.87. The lowest BCUT2D eigenvalue weighted by Gasteiger charge is -2.44. The molecule has 26 N–H and O–H groups in total. The number of carboxylic acid groups (broad SMARTS) is 4. The van der Waals surface area contributed by atoms with E-state index in [0.717, 1.165) is 0 Å². The highest BCUT2D eigenvalue weighted by molar-refractivity contribution is 5.80. The number of amides is 2. The van der Waals surface area contributed by atoms with Crippen LogP contribution < -0.4 is 10.6 Å². The van der Waals surface area contributed by atoms with Crippen LogP contribution in [0.25, 0.3) is 0 Å². The molecule has 0 aromatic carbocycles. The molecule has 6 saturated heterocycles. The van der Waals surface area contributed by atoms with E-state index in [4.69, 9.17) is 47.4 Å². The number of aliphatic hydroxyl groups is 20. The number of aliphatic hydroxyl groups excluding tert-OH is 20. The minimum absolute atomic E-state index is 0.0498.